The molecule has 0 aliphatic rings. The summed E-state index contributed by atoms with van der Waals surface area (Å²) in [5.41, 5.74) is 1.57. The number of rotatable bonds is 4. The zero-order valence-corrected chi connectivity index (χ0v) is 13.0. The summed E-state index contributed by atoms with van der Waals surface area (Å²) in [4.78, 5) is 12.5. The van der Waals surface area contributed by atoms with Crippen LogP contribution in [0.3, 0.4) is 0 Å². The first-order chi connectivity index (χ1) is 10.6. The van der Waals surface area contributed by atoms with E-state index in [9.17, 15) is 4.79 Å². The Bertz CT molecular complexity index is 816. The molecule has 3 aromatic rings. The number of anilines is 1. The van der Waals surface area contributed by atoms with Crippen molar-refractivity contribution in [3.8, 4) is 0 Å². The summed E-state index contributed by atoms with van der Waals surface area (Å²) >= 11 is 0. The molecule has 1 N–H and O–H groups in total. The molecular formula is C17H19N3O2. The molecule has 0 aliphatic carbocycles. The lowest BCUT2D eigenvalue weighted by Crippen LogP contribution is -2.17. The van der Waals surface area contributed by atoms with E-state index >= 15 is 0 Å². The number of furan rings is 1. The van der Waals surface area contributed by atoms with E-state index in [2.05, 4.69) is 24.3 Å². The van der Waals surface area contributed by atoms with Crippen LogP contribution in [0.4, 0.5) is 5.82 Å². The molecule has 22 heavy (non-hydrogen) atoms. The van der Waals surface area contributed by atoms with Crippen LogP contribution in [-0.4, -0.2) is 15.7 Å². The summed E-state index contributed by atoms with van der Waals surface area (Å²) in [5.74, 6) is 0.774. The van der Waals surface area contributed by atoms with E-state index in [0.717, 1.165) is 23.0 Å². The fourth-order valence-corrected chi connectivity index (χ4v) is 2.50. The predicted octanol–water partition coefficient (Wildman–Crippen LogP) is 4.16. The van der Waals surface area contributed by atoms with Crippen molar-refractivity contribution in [2.45, 2.75) is 33.2 Å². The normalized spacial score (nSPS) is 12.5. The zero-order valence-electron chi connectivity index (χ0n) is 13.0. The molecule has 0 radical (unpaired) electrons. The Morgan fingerprint density at radius 3 is 2.86 bits per heavy atom. The molecule has 1 aromatic carbocycles. The Hall–Kier alpha value is -2.56. The molecule has 5 nitrogen and oxygen atoms in total. The number of nitrogens with zero attached hydrogens (tertiary/aromatic N) is 2. The summed E-state index contributed by atoms with van der Waals surface area (Å²) in [6.07, 6.45) is 2.63. The first-order valence-corrected chi connectivity index (χ1v) is 7.44. The van der Waals surface area contributed by atoms with E-state index in [1.807, 2.05) is 35.9 Å². The number of benzene rings is 1. The largest absolute Gasteiger partial charge is 0.451 e. The van der Waals surface area contributed by atoms with Crippen molar-refractivity contribution in [3.63, 3.8) is 0 Å². The van der Waals surface area contributed by atoms with Gasteiger partial charge in [0, 0.05) is 17.0 Å². The van der Waals surface area contributed by atoms with Crippen molar-refractivity contribution in [1.29, 1.82) is 0 Å². The molecule has 2 aromatic heterocycles. The standard InChI is InChI=1S/C17H19N3O2/c1-4-11(2)20-15(9-10-18-20)19-17(21)16-12(3)13-7-5-6-8-14(13)22-16/h5-11H,4H2,1-3H3,(H,19,21). The lowest BCUT2D eigenvalue weighted by atomic mass is 10.1. The third-order valence-electron chi connectivity index (χ3n) is 3.97. The molecule has 0 bridgehead atoms. The lowest BCUT2D eigenvalue weighted by molar-refractivity contribution is 0.0996. The first kappa shape index (κ1) is 14.4. The van der Waals surface area contributed by atoms with Gasteiger partial charge in [0.05, 0.1) is 12.2 Å². The lowest BCUT2D eigenvalue weighted by Gasteiger charge is -2.13. The van der Waals surface area contributed by atoms with Crippen LogP contribution in [-0.2, 0) is 0 Å². The second-order valence-electron chi connectivity index (χ2n) is 5.42. The smallest absolute Gasteiger partial charge is 0.292 e. The number of hydrogen-bond donors (Lipinski definition) is 1. The first-order valence-electron chi connectivity index (χ1n) is 7.44. The molecule has 1 amide bonds. The summed E-state index contributed by atoms with van der Waals surface area (Å²) < 4.78 is 7.51. The van der Waals surface area contributed by atoms with Crippen LogP contribution in [0.2, 0.25) is 0 Å². The maximum Gasteiger partial charge on any atom is 0.292 e. The Labute approximate surface area is 128 Å². The molecule has 0 saturated carbocycles. The van der Waals surface area contributed by atoms with Crippen LogP contribution in [0, 0.1) is 6.92 Å². The Morgan fingerprint density at radius 2 is 2.14 bits per heavy atom. The van der Waals surface area contributed by atoms with Gasteiger partial charge in [-0.2, -0.15) is 5.10 Å². The highest BCUT2D eigenvalue weighted by molar-refractivity contribution is 6.06. The van der Waals surface area contributed by atoms with E-state index < -0.39 is 0 Å². The number of hydrogen-bond acceptors (Lipinski definition) is 3. The van der Waals surface area contributed by atoms with Gasteiger partial charge in [-0.1, -0.05) is 25.1 Å². The summed E-state index contributed by atoms with van der Waals surface area (Å²) in [7, 11) is 0. The minimum atomic E-state index is -0.251. The van der Waals surface area contributed by atoms with E-state index in [1.165, 1.54) is 0 Å². The Balaban J connectivity index is 1.91. The van der Waals surface area contributed by atoms with Gasteiger partial charge in [0.2, 0.25) is 0 Å². The number of aryl methyl sites for hydroxylation is 1. The number of para-hydroxylation sites is 1. The van der Waals surface area contributed by atoms with Crippen molar-refractivity contribution >= 4 is 22.7 Å². The van der Waals surface area contributed by atoms with Crippen LogP contribution in [0.25, 0.3) is 11.0 Å². The van der Waals surface area contributed by atoms with Gasteiger partial charge in [0.25, 0.3) is 5.91 Å². The second kappa shape index (κ2) is 5.67. The predicted molar refractivity (Wildman–Crippen MR) is 86.1 cm³/mol. The molecule has 2 heterocycles. The monoisotopic (exact) mass is 297 g/mol. The van der Waals surface area contributed by atoms with Crippen LogP contribution in [0.1, 0.15) is 42.4 Å². The van der Waals surface area contributed by atoms with E-state index in [4.69, 9.17) is 4.42 Å². The number of carbonyl (C=O) groups excluding carboxylic acids is 1. The van der Waals surface area contributed by atoms with Crippen molar-refractivity contribution in [3.05, 3.63) is 47.9 Å². The van der Waals surface area contributed by atoms with Crippen molar-refractivity contribution in [2.24, 2.45) is 0 Å². The molecule has 114 valence electrons. The van der Waals surface area contributed by atoms with Crippen molar-refractivity contribution < 1.29 is 9.21 Å². The van der Waals surface area contributed by atoms with Crippen LogP contribution in [0.5, 0.6) is 0 Å². The highest BCUT2D eigenvalue weighted by Gasteiger charge is 2.19. The quantitative estimate of drug-likeness (QED) is 0.786. The number of fused-ring (bicyclic) bond motifs is 1. The average Bonchev–Trinajstić information content (AvgIpc) is 3.12. The molecule has 1 atom stereocenters. The van der Waals surface area contributed by atoms with E-state index in [0.29, 0.717) is 11.6 Å². The third-order valence-corrected chi connectivity index (χ3v) is 3.97. The van der Waals surface area contributed by atoms with Gasteiger partial charge in [0.15, 0.2) is 5.76 Å². The maximum atomic E-state index is 12.5. The van der Waals surface area contributed by atoms with Gasteiger partial charge in [0.1, 0.15) is 11.4 Å². The van der Waals surface area contributed by atoms with Gasteiger partial charge < -0.3 is 9.73 Å². The summed E-state index contributed by atoms with van der Waals surface area (Å²) in [6, 6.07) is 9.66. The highest BCUT2D eigenvalue weighted by atomic mass is 16.3. The van der Waals surface area contributed by atoms with Crippen LogP contribution in [0.15, 0.2) is 40.9 Å². The van der Waals surface area contributed by atoms with Crippen LogP contribution >= 0.6 is 0 Å². The minimum Gasteiger partial charge on any atom is -0.451 e. The van der Waals surface area contributed by atoms with E-state index in [1.54, 1.807) is 12.3 Å². The SMILES string of the molecule is CCC(C)n1nccc1NC(=O)c1oc2ccccc2c1C. The molecule has 0 spiro atoms. The number of amides is 1. The highest BCUT2D eigenvalue weighted by Crippen LogP contribution is 2.26. The molecule has 0 saturated heterocycles. The molecule has 1 unspecified atom stereocenters. The van der Waals surface area contributed by atoms with Gasteiger partial charge in [-0.25, -0.2) is 4.68 Å². The van der Waals surface area contributed by atoms with Gasteiger partial charge in [-0.3, -0.25) is 4.79 Å². The molecule has 0 aliphatic heterocycles. The van der Waals surface area contributed by atoms with Crippen molar-refractivity contribution in [2.75, 3.05) is 5.32 Å². The minimum absolute atomic E-state index is 0.224. The van der Waals surface area contributed by atoms with Gasteiger partial charge in [-0.15, -0.1) is 0 Å². The molecule has 5 heteroatoms. The number of nitrogens with one attached hydrogen (secondary N) is 1. The fourth-order valence-electron chi connectivity index (χ4n) is 2.50. The summed E-state index contributed by atoms with van der Waals surface area (Å²) in [6.45, 7) is 6.04. The molecular weight excluding hydrogens is 278 g/mol. The average molecular weight is 297 g/mol. The van der Waals surface area contributed by atoms with Gasteiger partial charge >= 0.3 is 0 Å². The number of carbonyl (C=O) groups is 1. The third kappa shape index (κ3) is 2.39. The number of aromatic nitrogens is 2. The van der Waals surface area contributed by atoms with E-state index in [-0.39, 0.29) is 11.9 Å². The van der Waals surface area contributed by atoms with Crippen LogP contribution < -0.4 is 5.32 Å². The topological polar surface area (TPSA) is 60.1 Å². The summed E-state index contributed by atoms with van der Waals surface area (Å²) in [5, 5.41) is 8.12. The van der Waals surface area contributed by atoms with Crippen molar-refractivity contribution in [1.82, 2.24) is 9.78 Å². The maximum absolute atomic E-state index is 12.5. The zero-order chi connectivity index (χ0) is 15.7. The molecule has 0 fully saturated rings. The van der Waals surface area contributed by atoms with Gasteiger partial charge in [-0.05, 0) is 26.3 Å². The Kier molecular flexibility index (Phi) is 3.71. The molecule has 3 rings (SSSR count). The second-order valence-corrected chi connectivity index (χ2v) is 5.42. The Morgan fingerprint density at radius 1 is 1.36 bits per heavy atom. The fraction of sp³-hybridized carbons (Fsp3) is 0.294.